The van der Waals surface area contributed by atoms with Crippen molar-refractivity contribution in [2.45, 2.75) is 303 Å². The highest BCUT2D eigenvalue weighted by Gasteiger charge is 2.56. The van der Waals surface area contributed by atoms with Crippen molar-refractivity contribution in [3.8, 4) is 0 Å². The minimum atomic E-state index is -1.21. The van der Waals surface area contributed by atoms with Gasteiger partial charge in [0.2, 0.25) is 0 Å². The molecular weight excluding hydrogens is 1600 g/mol. The Labute approximate surface area is 759 Å². The minimum absolute atomic E-state index is 0.0757. The molecule has 0 spiro atoms. The number of rotatable bonds is 28. The molecule has 0 heterocycles. The molecule has 4 aliphatic carbocycles. The topological polar surface area (TPSA) is 298 Å². The zero-order valence-corrected chi connectivity index (χ0v) is 81.4. The van der Waals surface area contributed by atoms with E-state index < -0.39 is 110 Å². The van der Waals surface area contributed by atoms with E-state index in [4.69, 9.17) is 0 Å². The van der Waals surface area contributed by atoms with E-state index in [1.807, 2.05) is 102 Å². The highest BCUT2D eigenvalue weighted by molar-refractivity contribution is 6.04. The van der Waals surface area contributed by atoms with Crippen molar-refractivity contribution in [2.24, 2.45) is 56.2 Å². The zero-order valence-electron chi connectivity index (χ0n) is 81.4. The molecule has 12 rings (SSSR count). The van der Waals surface area contributed by atoms with Crippen LogP contribution in [0.2, 0.25) is 0 Å². The van der Waals surface area contributed by atoms with E-state index in [0.29, 0.717) is 49.7 Å². The Morgan fingerprint density at radius 3 is 1.09 bits per heavy atom. The standard InChI is InChI=1S/C33H46O4.2C27H34O4.C25H30O4/c1-8-12-19-32(10-3,29(34)35)26-21-24-25(31(5,6)7)18-17-22-15-14-16-23(27(22)24)28(26)33(11-4,30(36)37)20-13-9-2;1-25(2,3)21-12-11-16-9-8-10-18-20(15-27(6,7)24(30)31)17(13-19(21)22(16)18)14-26(4,5)23(28)29;1-14(2)21(25(28)29)19-13-18-20(27(5,6)7)12-11-16-9-8-10-17(23(16)18)24(19)22(15(3)4)26(30)31;1-23(2,3)17-12-11-14-9-8-10-15-19(14)16(17)13-18(24(4,5)21(26)27)20(15)25(6,7)22(28)29/h14-18,21,28H,8-13,19-20H2,1-7H3,(H,34,35)(H,36,37);8-13,20H,14-15H2,1-7H3,(H,28,29)(H,30,31);8-15,21-22,24H,1-7H3,(H,28,29)(H,30,31);8-13,20H,1-7H3,(H,26,27)(H,28,29). The molecule has 0 bridgehead atoms. The molecule has 16 nitrogen and oxygen atoms in total. The number of benzene rings is 8. The Bertz CT molecular complexity index is 5780. The Balaban J connectivity index is 0.000000193. The highest BCUT2D eigenvalue weighted by Crippen LogP contribution is 2.62. The van der Waals surface area contributed by atoms with Crippen LogP contribution in [0.5, 0.6) is 0 Å². The van der Waals surface area contributed by atoms with Crippen molar-refractivity contribution in [3.05, 3.63) is 210 Å². The Morgan fingerprint density at radius 2 is 0.742 bits per heavy atom. The summed E-state index contributed by atoms with van der Waals surface area (Å²) in [6, 6.07) is 41.3. The van der Waals surface area contributed by atoms with E-state index in [2.05, 4.69) is 182 Å². The molecule has 0 saturated heterocycles. The van der Waals surface area contributed by atoms with Crippen LogP contribution in [0.1, 0.15) is 349 Å². The minimum Gasteiger partial charge on any atom is -0.481 e. The van der Waals surface area contributed by atoms with Gasteiger partial charge in [-0.3, -0.25) is 38.4 Å². The van der Waals surface area contributed by atoms with Crippen LogP contribution >= 0.6 is 0 Å². The van der Waals surface area contributed by atoms with Gasteiger partial charge in [0.05, 0.1) is 44.3 Å². The summed E-state index contributed by atoms with van der Waals surface area (Å²) in [5, 5.41) is 90.4. The molecule has 128 heavy (non-hydrogen) atoms. The van der Waals surface area contributed by atoms with Gasteiger partial charge in [-0.2, -0.15) is 0 Å². The van der Waals surface area contributed by atoms with E-state index in [1.165, 1.54) is 11.1 Å². The van der Waals surface area contributed by atoms with E-state index in [-0.39, 0.29) is 39.4 Å². The molecule has 688 valence electrons. The van der Waals surface area contributed by atoms with Gasteiger partial charge in [0.25, 0.3) is 0 Å². The van der Waals surface area contributed by atoms with Gasteiger partial charge in [-0.15, -0.1) is 0 Å². The highest BCUT2D eigenvalue weighted by atomic mass is 16.4. The van der Waals surface area contributed by atoms with E-state index in [1.54, 1.807) is 55.4 Å². The number of hydrogen-bond donors (Lipinski definition) is 8. The Morgan fingerprint density at radius 1 is 0.359 bits per heavy atom. The first-order valence-electron chi connectivity index (χ1n) is 46.1. The summed E-state index contributed by atoms with van der Waals surface area (Å²) in [5.74, 6) is -10.5. The largest absolute Gasteiger partial charge is 0.481 e. The Hall–Kier alpha value is -10.5. The average Bonchev–Trinajstić information content (AvgIpc) is 0.704. The van der Waals surface area contributed by atoms with E-state index in [9.17, 15) is 79.2 Å². The predicted molar refractivity (Wildman–Crippen MR) is 520 cm³/mol. The van der Waals surface area contributed by atoms with Gasteiger partial charge in [-0.1, -0.05) is 315 Å². The fourth-order valence-electron chi connectivity index (χ4n) is 21.0. The van der Waals surface area contributed by atoms with Crippen LogP contribution in [-0.4, -0.2) is 88.6 Å². The number of hydrogen-bond acceptors (Lipinski definition) is 8. The summed E-state index contributed by atoms with van der Waals surface area (Å²) in [6.07, 6.45) is 14.3. The Kier molecular flexibility index (Phi) is 29.7. The van der Waals surface area contributed by atoms with Crippen molar-refractivity contribution in [1.29, 1.82) is 0 Å². The van der Waals surface area contributed by atoms with Gasteiger partial charge in [0, 0.05) is 23.7 Å². The van der Waals surface area contributed by atoms with Gasteiger partial charge in [-0.05, 0) is 254 Å². The van der Waals surface area contributed by atoms with Gasteiger partial charge >= 0.3 is 47.8 Å². The number of aliphatic carboxylic acids is 8. The van der Waals surface area contributed by atoms with Crippen molar-refractivity contribution >= 4 is 115 Å². The van der Waals surface area contributed by atoms with Crippen LogP contribution in [0.3, 0.4) is 0 Å². The number of carboxylic acid groups (broad SMARTS) is 8. The predicted octanol–water partition coefficient (Wildman–Crippen LogP) is 27.8. The average molecular weight is 1750 g/mol. The monoisotopic (exact) mass is 1750 g/mol. The van der Waals surface area contributed by atoms with E-state index >= 15 is 0 Å². The van der Waals surface area contributed by atoms with Gasteiger partial charge in [-0.25, -0.2) is 0 Å². The van der Waals surface area contributed by atoms with Crippen molar-refractivity contribution in [2.75, 3.05) is 0 Å². The number of carboxylic acids is 8. The molecule has 0 saturated carbocycles. The molecule has 0 aliphatic heterocycles. The smallest absolute Gasteiger partial charge is 0.313 e. The third kappa shape index (κ3) is 19.4. The summed E-state index contributed by atoms with van der Waals surface area (Å²) < 4.78 is 0. The molecular formula is C112H144O16. The number of allylic oxidation sites excluding steroid dienone is 1. The first kappa shape index (κ1) is 101. The first-order chi connectivity index (χ1) is 59.2. The maximum atomic E-state index is 13.3. The van der Waals surface area contributed by atoms with Crippen LogP contribution in [-0.2, 0) is 60.0 Å². The van der Waals surface area contributed by atoms with Crippen LogP contribution in [0, 0.1) is 56.2 Å². The van der Waals surface area contributed by atoms with Crippen LogP contribution in [0.15, 0.2) is 144 Å². The fraction of sp³-hybridized carbons (Fsp3) is 0.500. The van der Waals surface area contributed by atoms with Gasteiger partial charge < -0.3 is 40.9 Å². The quantitative estimate of drug-likeness (QED) is 0.0226. The fourth-order valence-corrected chi connectivity index (χ4v) is 21.0. The molecule has 8 aromatic carbocycles. The SMILES string of the molecule is CC(C)(C(=O)O)C1=Cc2c(C(C)(C)C)ccc3cccc(c23)C1C(C)(C)C(=O)O.CC(C)(CC1=Cc2c(C(C)(C)C)ccc3cccc(c23)C1CC(C)(C)C(=O)O)C(=O)O.CC(C)C(C(=O)O)C1=Cc2c(C(C)(C)C)ccc3cccc(c23)C1C(C(=O)O)C(C)C.CCCCC(CC)(C(=O)O)C1=Cc2c(C(C)(C)C)ccc3cccc(c23)C1C(CC)(CCCC)C(=O)O. The third-order valence-corrected chi connectivity index (χ3v) is 28.5. The van der Waals surface area contributed by atoms with Gasteiger partial charge in [0.15, 0.2) is 0 Å². The lowest BCUT2D eigenvalue weighted by Gasteiger charge is -2.47. The third-order valence-electron chi connectivity index (χ3n) is 28.5. The molecule has 8 atom stereocenters. The molecule has 0 radical (unpaired) electrons. The summed E-state index contributed by atoms with van der Waals surface area (Å²) >= 11 is 0. The van der Waals surface area contributed by atoms with Crippen molar-refractivity contribution in [1.82, 2.24) is 0 Å². The second kappa shape index (κ2) is 37.5. The maximum Gasteiger partial charge on any atom is 0.313 e. The molecule has 0 fully saturated rings. The van der Waals surface area contributed by atoms with Crippen LogP contribution < -0.4 is 0 Å². The summed E-state index contributed by atoms with van der Waals surface area (Å²) in [6.45, 7) is 55.3. The second-order valence-electron chi connectivity index (χ2n) is 44.0. The molecule has 0 amide bonds. The van der Waals surface area contributed by atoms with Crippen molar-refractivity contribution < 1.29 is 79.2 Å². The zero-order chi connectivity index (χ0) is 96.1. The first-order valence-corrected chi connectivity index (χ1v) is 46.1. The number of carbonyl (C=O) groups is 8. The molecule has 4 aliphatic rings. The summed E-state index contributed by atoms with van der Waals surface area (Å²) in [5.41, 5.74) is 9.00. The molecule has 16 heteroatoms. The molecule has 8 aromatic rings. The second-order valence-corrected chi connectivity index (χ2v) is 44.0. The summed E-state index contributed by atoms with van der Waals surface area (Å²) in [4.78, 5) is 99.7. The molecule has 8 N–H and O–H groups in total. The maximum absolute atomic E-state index is 13.3. The van der Waals surface area contributed by atoms with Crippen molar-refractivity contribution in [3.63, 3.8) is 0 Å². The van der Waals surface area contributed by atoms with Crippen LogP contribution in [0.4, 0.5) is 0 Å². The number of unbranched alkanes of at least 4 members (excludes halogenated alkanes) is 2. The van der Waals surface area contributed by atoms with Crippen LogP contribution in [0.25, 0.3) is 67.4 Å². The lowest BCUT2D eigenvalue weighted by molar-refractivity contribution is -0.153. The lowest BCUT2D eigenvalue weighted by Crippen LogP contribution is -2.45. The molecule has 0 aromatic heterocycles. The molecule has 8 unspecified atom stereocenters. The normalized spacial score (nSPS) is 17.8. The lowest BCUT2D eigenvalue weighted by atomic mass is 9.55. The van der Waals surface area contributed by atoms with Gasteiger partial charge in [0.1, 0.15) is 0 Å². The van der Waals surface area contributed by atoms with E-state index in [0.717, 1.165) is 136 Å². The summed E-state index contributed by atoms with van der Waals surface area (Å²) in [7, 11) is 0.